The van der Waals surface area contributed by atoms with Gasteiger partial charge < -0.3 is 15.3 Å². The van der Waals surface area contributed by atoms with Gasteiger partial charge in [0.05, 0.1) is 6.10 Å². The van der Waals surface area contributed by atoms with Crippen LogP contribution in [0.5, 0.6) is 0 Å². The number of pyridine rings is 1. The number of hydrogen-bond acceptors (Lipinski definition) is 4. The fraction of sp³-hybridized carbons (Fsp3) is 0.650. The zero-order chi connectivity index (χ0) is 18.4. The van der Waals surface area contributed by atoms with E-state index in [4.69, 9.17) is 0 Å². The van der Waals surface area contributed by atoms with Gasteiger partial charge in [0.1, 0.15) is 0 Å². The van der Waals surface area contributed by atoms with E-state index in [1.807, 2.05) is 17.0 Å². The lowest BCUT2D eigenvalue weighted by atomic mass is 9.75. The van der Waals surface area contributed by atoms with Crippen LogP contribution < -0.4 is 5.32 Å². The highest BCUT2D eigenvalue weighted by Gasteiger charge is 2.34. The van der Waals surface area contributed by atoms with E-state index in [1.165, 1.54) is 0 Å². The van der Waals surface area contributed by atoms with Gasteiger partial charge in [-0.2, -0.15) is 0 Å². The Morgan fingerprint density at radius 3 is 2.77 bits per heavy atom. The maximum atomic E-state index is 12.5. The minimum atomic E-state index is -0.244. The molecular weight excluding hydrogens is 330 g/mol. The Balaban J connectivity index is 1.52. The summed E-state index contributed by atoms with van der Waals surface area (Å²) in [7, 11) is 0. The van der Waals surface area contributed by atoms with Crippen molar-refractivity contribution in [1.29, 1.82) is 0 Å². The SMILES string of the molecule is O=C(CCN1CCCCCC1=O)NC(Cc1ccncc1)C1CC(O)C1. The molecule has 2 aliphatic rings. The van der Waals surface area contributed by atoms with Gasteiger partial charge in [-0.1, -0.05) is 6.42 Å². The third-order valence-corrected chi connectivity index (χ3v) is 5.55. The molecule has 1 atom stereocenters. The van der Waals surface area contributed by atoms with E-state index in [0.29, 0.717) is 25.3 Å². The maximum absolute atomic E-state index is 12.5. The van der Waals surface area contributed by atoms with Crippen molar-refractivity contribution < 1.29 is 14.7 Å². The predicted molar refractivity (Wildman–Crippen MR) is 98.3 cm³/mol. The first kappa shape index (κ1) is 18.8. The molecule has 1 aromatic rings. The van der Waals surface area contributed by atoms with Crippen molar-refractivity contribution in [1.82, 2.24) is 15.2 Å². The number of hydrogen-bond donors (Lipinski definition) is 2. The second-order valence-electron chi connectivity index (χ2n) is 7.56. The smallest absolute Gasteiger partial charge is 0.222 e. The van der Waals surface area contributed by atoms with Gasteiger partial charge in [-0.05, 0) is 55.7 Å². The lowest BCUT2D eigenvalue weighted by Gasteiger charge is -2.38. The van der Waals surface area contributed by atoms with Crippen molar-refractivity contribution in [3.8, 4) is 0 Å². The average Bonchev–Trinajstić information content (AvgIpc) is 2.82. The number of carbonyl (C=O) groups is 2. The van der Waals surface area contributed by atoms with Gasteiger partial charge in [-0.3, -0.25) is 14.6 Å². The van der Waals surface area contributed by atoms with Gasteiger partial charge >= 0.3 is 0 Å². The Bertz CT molecular complexity index is 602. The van der Waals surface area contributed by atoms with Gasteiger partial charge in [-0.15, -0.1) is 0 Å². The van der Waals surface area contributed by atoms with Gasteiger partial charge in [0.15, 0.2) is 0 Å². The summed E-state index contributed by atoms with van der Waals surface area (Å²) in [6.45, 7) is 1.27. The number of nitrogens with one attached hydrogen (secondary N) is 1. The van der Waals surface area contributed by atoms with E-state index in [1.54, 1.807) is 12.4 Å². The van der Waals surface area contributed by atoms with Crippen molar-refractivity contribution in [2.75, 3.05) is 13.1 Å². The average molecular weight is 359 g/mol. The predicted octanol–water partition coefficient (Wildman–Crippen LogP) is 1.67. The molecule has 0 spiro atoms. The molecule has 0 aromatic carbocycles. The zero-order valence-corrected chi connectivity index (χ0v) is 15.3. The second-order valence-corrected chi connectivity index (χ2v) is 7.56. The summed E-state index contributed by atoms with van der Waals surface area (Å²) in [6, 6.07) is 3.95. The standard InChI is InChI=1S/C20H29N3O3/c24-17-13-16(14-17)18(12-15-5-8-21-9-6-15)22-19(25)7-11-23-10-3-1-2-4-20(23)26/h5-6,8-9,16-18,24H,1-4,7,10-14H2,(H,22,25). The second kappa shape index (κ2) is 9.12. The van der Waals surface area contributed by atoms with E-state index in [0.717, 1.165) is 50.6 Å². The third kappa shape index (κ3) is 5.27. The number of amides is 2. The summed E-state index contributed by atoms with van der Waals surface area (Å²) in [5.41, 5.74) is 1.13. The number of aliphatic hydroxyl groups excluding tert-OH is 1. The van der Waals surface area contributed by atoms with Crippen LogP contribution in [0.3, 0.4) is 0 Å². The van der Waals surface area contributed by atoms with E-state index in [9.17, 15) is 14.7 Å². The minimum absolute atomic E-state index is 0.0116. The molecule has 2 N–H and O–H groups in total. The Labute approximate surface area is 155 Å². The molecule has 0 bridgehead atoms. The normalized spacial score (nSPS) is 24.5. The summed E-state index contributed by atoms with van der Waals surface area (Å²) in [6.07, 6.45) is 9.51. The van der Waals surface area contributed by atoms with E-state index in [-0.39, 0.29) is 24.0 Å². The largest absolute Gasteiger partial charge is 0.393 e. The van der Waals surface area contributed by atoms with Gasteiger partial charge in [0, 0.05) is 44.4 Å². The lowest BCUT2D eigenvalue weighted by Crippen LogP contribution is -2.48. The molecule has 142 valence electrons. The third-order valence-electron chi connectivity index (χ3n) is 5.55. The minimum Gasteiger partial charge on any atom is -0.393 e. The highest BCUT2D eigenvalue weighted by molar-refractivity contribution is 5.79. The lowest BCUT2D eigenvalue weighted by molar-refractivity contribution is -0.131. The molecule has 6 heteroatoms. The van der Waals surface area contributed by atoms with E-state index < -0.39 is 0 Å². The summed E-state index contributed by atoms with van der Waals surface area (Å²) in [5, 5.41) is 12.8. The molecule has 2 amide bonds. The topological polar surface area (TPSA) is 82.5 Å². The summed E-state index contributed by atoms with van der Waals surface area (Å²) < 4.78 is 0. The zero-order valence-electron chi connectivity index (χ0n) is 15.3. The van der Waals surface area contributed by atoms with Gasteiger partial charge in [0.2, 0.25) is 11.8 Å². The fourth-order valence-electron chi connectivity index (χ4n) is 3.86. The molecule has 1 aliphatic carbocycles. The number of likely N-dealkylation sites (tertiary alicyclic amines) is 1. The van der Waals surface area contributed by atoms with Crippen molar-refractivity contribution in [3.05, 3.63) is 30.1 Å². The number of carbonyl (C=O) groups excluding carboxylic acids is 2. The fourth-order valence-corrected chi connectivity index (χ4v) is 3.86. The van der Waals surface area contributed by atoms with Crippen LogP contribution in [0, 0.1) is 5.92 Å². The van der Waals surface area contributed by atoms with Crippen LogP contribution in [0.15, 0.2) is 24.5 Å². The highest BCUT2D eigenvalue weighted by atomic mass is 16.3. The Hall–Kier alpha value is -1.95. The Kier molecular flexibility index (Phi) is 6.61. The summed E-state index contributed by atoms with van der Waals surface area (Å²) >= 11 is 0. The number of nitrogens with zero attached hydrogens (tertiary/aromatic N) is 2. The first-order valence-electron chi connectivity index (χ1n) is 9.76. The molecule has 0 radical (unpaired) electrons. The molecular formula is C20H29N3O3. The van der Waals surface area contributed by atoms with Crippen molar-refractivity contribution in [3.63, 3.8) is 0 Å². The van der Waals surface area contributed by atoms with Crippen molar-refractivity contribution in [2.45, 2.75) is 63.5 Å². The molecule has 1 aromatic heterocycles. The van der Waals surface area contributed by atoms with Crippen LogP contribution in [0.2, 0.25) is 0 Å². The number of aliphatic hydroxyl groups is 1. The number of aromatic nitrogens is 1. The van der Waals surface area contributed by atoms with Crippen LogP contribution in [0.4, 0.5) is 0 Å². The first-order chi connectivity index (χ1) is 12.6. The van der Waals surface area contributed by atoms with E-state index >= 15 is 0 Å². The van der Waals surface area contributed by atoms with Crippen LogP contribution in [0.1, 0.15) is 50.5 Å². The molecule has 1 unspecified atom stereocenters. The monoisotopic (exact) mass is 359 g/mol. The molecule has 1 aliphatic heterocycles. The Morgan fingerprint density at radius 2 is 2.04 bits per heavy atom. The summed E-state index contributed by atoms with van der Waals surface area (Å²) in [4.78, 5) is 30.4. The molecule has 6 nitrogen and oxygen atoms in total. The Morgan fingerprint density at radius 1 is 1.27 bits per heavy atom. The molecule has 2 heterocycles. The van der Waals surface area contributed by atoms with Crippen LogP contribution in [-0.4, -0.2) is 52.0 Å². The van der Waals surface area contributed by atoms with Gasteiger partial charge in [0.25, 0.3) is 0 Å². The maximum Gasteiger partial charge on any atom is 0.222 e. The highest BCUT2D eigenvalue weighted by Crippen LogP contribution is 2.31. The molecule has 2 fully saturated rings. The van der Waals surface area contributed by atoms with Crippen molar-refractivity contribution in [2.24, 2.45) is 5.92 Å². The number of rotatable bonds is 7. The summed E-state index contributed by atoms with van der Waals surface area (Å²) in [5.74, 6) is 0.468. The quantitative estimate of drug-likeness (QED) is 0.776. The first-order valence-corrected chi connectivity index (χ1v) is 9.76. The molecule has 26 heavy (non-hydrogen) atoms. The van der Waals surface area contributed by atoms with Crippen LogP contribution >= 0.6 is 0 Å². The molecule has 3 rings (SSSR count). The van der Waals surface area contributed by atoms with Crippen LogP contribution in [0.25, 0.3) is 0 Å². The molecule has 1 saturated carbocycles. The van der Waals surface area contributed by atoms with Gasteiger partial charge in [-0.25, -0.2) is 0 Å². The van der Waals surface area contributed by atoms with E-state index in [2.05, 4.69) is 10.3 Å². The molecule has 1 saturated heterocycles. The van der Waals surface area contributed by atoms with Crippen LogP contribution in [-0.2, 0) is 16.0 Å². The van der Waals surface area contributed by atoms with Crippen molar-refractivity contribution >= 4 is 11.8 Å².